The third-order valence-electron chi connectivity index (χ3n) is 9.48. The van der Waals surface area contributed by atoms with Gasteiger partial charge in [-0.25, -0.2) is 0 Å². The van der Waals surface area contributed by atoms with Crippen molar-refractivity contribution in [3.05, 3.63) is 0 Å². The molecular weight excluding hydrogens is 336 g/mol. The van der Waals surface area contributed by atoms with Crippen molar-refractivity contribution < 1.29 is 21.2 Å². The molecule has 0 heterocycles. The Morgan fingerprint density at radius 1 is 1.04 bits per heavy atom. The predicted octanol–water partition coefficient (Wildman–Crippen LogP) is 5.56. The molecule has 8 atom stereocenters. The van der Waals surface area contributed by atoms with E-state index in [-0.39, 0.29) is 16.7 Å². The number of hydrogen-bond donors (Lipinski definition) is 0. The van der Waals surface area contributed by atoms with E-state index in [1.54, 1.807) is 6.92 Å². The molecular formula is C24H38O3. The number of rotatable bonds is 3. The van der Waals surface area contributed by atoms with Gasteiger partial charge in [-0.1, -0.05) is 20.7 Å². The standard InChI is InChI=1S/C24H38O3/c1-5-22(26)27-17-10-12-23(3)16(14-17)6-7-18-20-9-8-19(15(2)25)24(20,4)13-11-21(18)23/h16-21H,5-14H2,1-4H3/t16-,17+,18-,19+,20-,21-,23-,24+/m0/s1/i1D3,5D2. The van der Waals surface area contributed by atoms with Gasteiger partial charge in [0.05, 0.1) is 0 Å². The van der Waals surface area contributed by atoms with Crippen molar-refractivity contribution in [3.8, 4) is 0 Å². The van der Waals surface area contributed by atoms with Gasteiger partial charge in [-0.05, 0) is 99.2 Å². The molecule has 0 aromatic carbocycles. The highest BCUT2D eigenvalue weighted by molar-refractivity contribution is 5.79. The number of hydrogen-bond acceptors (Lipinski definition) is 3. The summed E-state index contributed by atoms with van der Waals surface area (Å²) >= 11 is 0. The Hall–Kier alpha value is -0.860. The van der Waals surface area contributed by atoms with Crippen molar-refractivity contribution in [2.45, 2.75) is 97.9 Å². The third kappa shape index (κ3) is 2.99. The van der Waals surface area contributed by atoms with Gasteiger partial charge in [0.25, 0.3) is 0 Å². The van der Waals surface area contributed by atoms with Crippen LogP contribution in [0.25, 0.3) is 0 Å². The highest BCUT2D eigenvalue weighted by Crippen LogP contribution is 2.67. The quantitative estimate of drug-likeness (QED) is 0.603. The normalized spacial score (nSPS) is 52.6. The van der Waals surface area contributed by atoms with E-state index < -0.39 is 25.3 Å². The maximum absolute atomic E-state index is 12.3. The molecule has 0 aromatic rings. The molecule has 4 fully saturated rings. The van der Waals surface area contributed by atoms with E-state index in [1.807, 2.05) is 0 Å². The first-order valence-corrected chi connectivity index (χ1v) is 10.9. The summed E-state index contributed by atoms with van der Waals surface area (Å²) in [5.41, 5.74) is 0.314. The molecule has 3 nitrogen and oxygen atoms in total. The minimum atomic E-state index is -3.03. The first-order chi connectivity index (χ1) is 14.7. The molecule has 4 rings (SSSR count). The molecule has 0 aliphatic heterocycles. The predicted molar refractivity (Wildman–Crippen MR) is 106 cm³/mol. The van der Waals surface area contributed by atoms with Gasteiger partial charge in [0, 0.05) is 19.1 Å². The van der Waals surface area contributed by atoms with E-state index in [9.17, 15) is 9.59 Å². The summed E-state index contributed by atoms with van der Waals surface area (Å²) in [6.07, 6.45) is 5.57. The molecule has 0 unspecified atom stereocenters. The Morgan fingerprint density at radius 3 is 2.52 bits per heavy atom. The van der Waals surface area contributed by atoms with Crippen molar-refractivity contribution in [1.29, 1.82) is 0 Å². The minimum absolute atomic E-state index is 0.143. The van der Waals surface area contributed by atoms with Gasteiger partial charge in [-0.15, -0.1) is 0 Å². The fraction of sp³-hybridized carbons (Fsp3) is 0.917. The van der Waals surface area contributed by atoms with Crippen molar-refractivity contribution in [3.63, 3.8) is 0 Å². The van der Waals surface area contributed by atoms with E-state index in [2.05, 4.69) is 13.8 Å². The van der Waals surface area contributed by atoms with Crippen LogP contribution >= 0.6 is 0 Å². The van der Waals surface area contributed by atoms with Crippen LogP contribution in [0.3, 0.4) is 0 Å². The summed E-state index contributed by atoms with van der Waals surface area (Å²) in [7, 11) is 0. The molecule has 0 spiro atoms. The fourth-order valence-electron chi connectivity index (χ4n) is 8.17. The summed E-state index contributed by atoms with van der Waals surface area (Å²) in [4.78, 5) is 24.6. The Kier molecular flexibility index (Phi) is 3.61. The number of fused-ring (bicyclic) bond motifs is 5. The second kappa shape index (κ2) is 6.88. The number of Topliss-reactive ketones (excluding diaryl/α,β-unsaturated/α-hetero) is 1. The number of carbonyl (C=O) groups excluding carboxylic acids is 2. The van der Waals surface area contributed by atoms with Crippen molar-refractivity contribution >= 4 is 11.8 Å². The highest BCUT2D eigenvalue weighted by atomic mass is 16.5. The highest BCUT2D eigenvalue weighted by Gasteiger charge is 2.60. The molecule has 4 saturated carbocycles. The first-order valence-electron chi connectivity index (χ1n) is 13.4. The van der Waals surface area contributed by atoms with Gasteiger partial charge in [0.1, 0.15) is 11.9 Å². The maximum Gasteiger partial charge on any atom is 0.305 e. The summed E-state index contributed by atoms with van der Waals surface area (Å²) in [5, 5.41) is 0. The molecule has 0 N–H and O–H groups in total. The van der Waals surface area contributed by atoms with Gasteiger partial charge >= 0.3 is 5.97 Å². The number of carbonyl (C=O) groups is 2. The lowest BCUT2D eigenvalue weighted by Crippen LogP contribution is -2.54. The zero-order valence-corrected chi connectivity index (χ0v) is 17.1. The smallest absolute Gasteiger partial charge is 0.305 e. The molecule has 4 aliphatic carbocycles. The average molecular weight is 380 g/mol. The van der Waals surface area contributed by atoms with Crippen LogP contribution in [0.1, 0.15) is 98.6 Å². The Morgan fingerprint density at radius 2 is 1.78 bits per heavy atom. The van der Waals surface area contributed by atoms with Crippen molar-refractivity contribution in [1.82, 2.24) is 0 Å². The summed E-state index contributed by atoms with van der Waals surface area (Å²) in [5.74, 6) is 1.61. The van der Waals surface area contributed by atoms with Crippen LogP contribution in [0.4, 0.5) is 0 Å². The average Bonchev–Trinajstić information content (AvgIpc) is 3.04. The largest absolute Gasteiger partial charge is 0.462 e. The zero-order chi connectivity index (χ0) is 23.7. The summed E-state index contributed by atoms with van der Waals surface area (Å²) < 4.78 is 42.7. The molecule has 27 heavy (non-hydrogen) atoms. The van der Waals surface area contributed by atoms with E-state index in [4.69, 9.17) is 11.6 Å². The van der Waals surface area contributed by atoms with Crippen molar-refractivity contribution in [2.24, 2.45) is 40.4 Å². The van der Waals surface area contributed by atoms with Gasteiger partial charge in [0.15, 0.2) is 0 Å². The van der Waals surface area contributed by atoms with Crippen molar-refractivity contribution in [2.75, 3.05) is 0 Å². The molecule has 0 bridgehead atoms. The van der Waals surface area contributed by atoms with Gasteiger partial charge in [-0.3, -0.25) is 9.59 Å². The summed E-state index contributed by atoms with van der Waals surface area (Å²) in [6.45, 7) is 3.49. The van der Waals surface area contributed by atoms with E-state index in [0.717, 1.165) is 44.9 Å². The van der Waals surface area contributed by atoms with Gasteiger partial charge in [0.2, 0.25) is 0 Å². The van der Waals surface area contributed by atoms with Crippen LogP contribution in [-0.4, -0.2) is 17.9 Å². The van der Waals surface area contributed by atoms with Gasteiger partial charge < -0.3 is 4.74 Å². The molecule has 4 aliphatic rings. The van der Waals surface area contributed by atoms with E-state index >= 15 is 0 Å². The molecule has 152 valence electrons. The van der Waals surface area contributed by atoms with Crippen LogP contribution in [0.5, 0.6) is 0 Å². The molecule has 0 radical (unpaired) electrons. The zero-order valence-electron chi connectivity index (χ0n) is 22.1. The topological polar surface area (TPSA) is 43.4 Å². The van der Waals surface area contributed by atoms with Crippen LogP contribution in [-0.2, 0) is 14.3 Å². The molecule has 0 saturated heterocycles. The molecule has 0 amide bonds. The Balaban J connectivity index is 1.46. The maximum atomic E-state index is 12.3. The molecule has 3 heteroatoms. The SMILES string of the molecule is [2H]C([2H])([2H])C([2H])([2H])C(=O)O[C@@H]1CC[C@@]2(C)[C@@H](CC[C@@H]3[C@@H]2CC[C@]2(C)[C@@H](C(C)=O)CC[C@@H]32)C1. The van der Waals surface area contributed by atoms with Crippen LogP contribution < -0.4 is 0 Å². The fourth-order valence-corrected chi connectivity index (χ4v) is 8.17. The van der Waals surface area contributed by atoms with Crippen LogP contribution in [0.2, 0.25) is 0 Å². The van der Waals surface area contributed by atoms with E-state index in [1.165, 1.54) is 0 Å². The number of esters is 1. The second-order valence-electron chi connectivity index (χ2n) is 10.4. The Labute approximate surface area is 172 Å². The monoisotopic (exact) mass is 379 g/mol. The van der Waals surface area contributed by atoms with Crippen LogP contribution in [0.15, 0.2) is 0 Å². The third-order valence-corrected chi connectivity index (χ3v) is 9.48. The Bertz CT molecular complexity index is 780. The lowest BCUT2D eigenvalue weighted by molar-refractivity contribution is -0.162. The number of ketones is 1. The van der Waals surface area contributed by atoms with E-state index in [0.29, 0.717) is 42.3 Å². The summed E-state index contributed by atoms with van der Waals surface area (Å²) in [6, 6.07) is 0. The first kappa shape index (κ1) is 14.2. The lowest BCUT2D eigenvalue weighted by Gasteiger charge is -2.61. The lowest BCUT2D eigenvalue weighted by atomic mass is 9.44. The van der Waals surface area contributed by atoms with Gasteiger partial charge in [-0.2, -0.15) is 0 Å². The van der Waals surface area contributed by atoms with Crippen LogP contribution in [0, 0.1) is 40.4 Å². The second-order valence-corrected chi connectivity index (χ2v) is 10.4. The molecule has 0 aromatic heterocycles. The number of ether oxygens (including phenoxy) is 1. The minimum Gasteiger partial charge on any atom is -0.462 e.